The molecule has 0 fully saturated rings. The number of benzene rings is 2. The predicted octanol–water partition coefficient (Wildman–Crippen LogP) is 3.49. The van der Waals surface area contributed by atoms with Gasteiger partial charge in [-0.3, -0.25) is 4.79 Å². The number of anilines is 1. The van der Waals surface area contributed by atoms with Crippen molar-refractivity contribution < 1.29 is 13.9 Å². The molecule has 0 saturated carbocycles. The number of thiocarbonyl (C=S) groups is 1. The molecule has 1 amide bonds. The molecule has 0 aliphatic rings. The number of halogens is 2. The summed E-state index contributed by atoms with van der Waals surface area (Å²) in [5.41, 5.74) is 5.63. The zero-order valence-electron chi connectivity index (χ0n) is 14.9. The first-order valence-electron chi connectivity index (χ1n) is 8.24. The van der Waals surface area contributed by atoms with Crippen LogP contribution in [0.1, 0.15) is 10.4 Å². The van der Waals surface area contributed by atoms with Crippen LogP contribution in [-0.2, 0) is 0 Å². The lowest BCUT2D eigenvalue weighted by molar-refractivity contribution is 0.102. The molecule has 3 aromatic rings. The van der Waals surface area contributed by atoms with E-state index in [1.807, 2.05) is 6.07 Å². The van der Waals surface area contributed by atoms with E-state index in [2.05, 4.69) is 10.6 Å². The van der Waals surface area contributed by atoms with Crippen LogP contribution in [0.4, 0.5) is 5.69 Å². The largest absolute Gasteiger partial charge is 0.462 e. The number of amides is 1. The van der Waals surface area contributed by atoms with E-state index in [1.165, 1.54) is 6.07 Å². The minimum Gasteiger partial charge on any atom is -0.462 e. The van der Waals surface area contributed by atoms with Gasteiger partial charge in [-0.25, -0.2) is 4.79 Å². The number of fused-ring (bicyclic) bond motifs is 1. The molecule has 3 rings (SSSR count). The first-order valence-corrected chi connectivity index (χ1v) is 9.03. The van der Waals surface area contributed by atoms with Crippen LogP contribution in [0.5, 0.6) is 5.95 Å². The van der Waals surface area contributed by atoms with Crippen molar-refractivity contribution in [1.29, 1.82) is 0 Å². The van der Waals surface area contributed by atoms with Gasteiger partial charge in [0.2, 0.25) is 0 Å². The highest BCUT2D eigenvalue weighted by molar-refractivity contribution is 8.93. The van der Waals surface area contributed by atoms with Gasteiger partial charge in [0, 0.05) is 16.6 Å². The van der Waals surface area contributed by atoms with Gasteiger partial charge < -0.3 is 25.5 Å². The van der Waals surface area contributed by atoms with Gasteiger partial charge in [0.25, 0.3) is 5.91 Å². The van der Waals surface area contributed by atoms with Crippen LogP contribution in [0.3, 0.4) is 0 Å². The summed E-state index contributed by atoms with van der Waals surface area (Å²) >= 11 is 11.0. The van der Waals surface area contributed by atoms with Crippen molar-refractivity contribution in [2.75, 3.05) is 18.5 Å². The molecule has 152 valence electrons. The van der Waals surface area contributed by atoms with Crippen LogP contribution >= 0.6 is 40.8 Å². The molecule has 0 aliphatic heterocycles. The maximum Gasteiger partial charge on any atom is 0.346 e. The van der Waals surface area contributed by atoms with E-state index >= 15 is 0 Å². The second-order valence-corrected chi connectivity index (χ2v) is 6.53. The van der Waals surface area contributed by atoms with Crippen molar-refractivity contribution in [2.24, 2.45) is 5.73 Å². The Bertz CT molecular complexity index is 1090. The molecule has 0 saturated heterocycles. The van der Waals surface area contributed by atoms with Crippen LogP contribution in [-0.4, -0.2) is 24.2 Å². The Hall–Kier alpha value is -2.62. The van der Waals surface area contributed by atoms with Gasteiger partial charge in [-0.1, -0.05) is 35.9 Å². The maximum atomic E-state index is 12.3. The monoisotopic (exact) mass is 497 g/mol. The van der Waals surface area contributed by atoms with Crippen LogP contribution in [0.2, 0.25) is 5.02 Å². The lowest BCUT2D eigenvalue weighted by Crippen LogP contribution is -2.32. The van der Waals surface area contributed by atoms with Crippen LogP contribution in [0.25, 0.3) is 10.8 Å². The third-order valence-corrected chi connectivity index (χ3v) is 4.27. The average Bonchev–Trinajstić information content (AvgIpc) is 2.69. The lowest BCUT2D eigenvalue weighted by atomic mass is 10.1. The minimum absolute atomic E-state index is 0. The van der Waals surface area contributed by atoms with Crippen LogP contribution in [0.15, 0.2) is 57.7 Å². The van der Waals surface area contributed by atoms with E-state index in [4.69, 9.17) is 38.7 Å². The molecule has 0 unspecified atom stereocenters. The van der Waals surface area contributed by atoms with E-state index in [0.29, 0.717) is 23.2 Å². The smallest absolute Gasteiger partial charge is 0.346 e. The Morgan fingerprint density at radius 1 is 1.17 bits per heavy atom. The zero-order valence-corrected chi connectivity index (χ0v) is 18.2. The highest BCUT2D eigenvalue weighted by Gasteiger charge is 2.15. The molecular weight excluding hydrogens is 482 g/mol. The van der Waals surface area contributed by atoms with Crippen LogP contribution < -0.4 is 26.7 Å². The molecule has 1 aromatic heterocycles. The topological polar surface area (TPSA) is 107 Å². The zero-order chi connectivity index (χ0) is 20.1. The number of nitrogens with two attached hydrogens (primary N) is 1. The molecule has 0 atom stereocenters. The molecule has 7 nitrogen and oxygen atoms in total. The molecule has 1 heterocycles. The van der Waals surface area contributed by atoms with E-state index in [0.717, 1.165) is 0 Å². The molecule has 2 aromatic carbocycles. The van der Waals surface area contributed by atoms with Gasteiger partial charge >= 0.3 is 11.6 Å². The number of hydrogen-bond donors (Lipinski definition) is 3. The van der Waals surface area contributed by atoms with Crippen molar-refractivity contribution in [3.05, 3.63) is 69.5 Å². The fourth-order valence-electron chi connectivity index (χ4n) is 2.48. The number of carbonyl (C=O) groups is 1. The van der Waals surface area contributed by atoms with Crippen LogP contribution in [0, 0.1) is 0 Å². The Balaban J connectivity index is 0.00000300. The van der Waals surface area contributed by atoms with Crippen molar-refractivity contribution in [2.45, 2.75) is 0 Å². The minimum atomic E-state index is -0.632. The number of nitrogens with one attached hydrogen (secondary N) is 2. The van der Waals surface area contributed by atoms with Gasteiger partial charge in [-0.05, 0) is 36.5 Å². The maximum absolute atomic E-state index is 12.3. The molecule has 10 heteroatoms. The number of rotatable bonds is 6. The number of carbonyl (C=O) groups excluding carboxylic acids is 1. The van der Waals surface area contributed by atoms with Crippen molar-refractivity contribution >= 4 is 68.3 Å². The van der Waals surface area contributed by atoms with Gasteiger partial charge in [0.1, 0.15) is 11.6 Å². The van der Waals surface area contributed by atoms with Gasteiger partial charge in [0.05, 0.1) is 11.9 Å². The molecule has 4 N–H and O–H groups in total. The fraction of sp³-hybridized carbons (Fsp3) is 0.105. The summed E-state index contributed by atoms with van der Waals surface area (Å²) in [5, 5.41) is 6.42. The van der Waals surface area contributed by atoms with Crippen molar-refractivity contribution in [3.8, 4) is 5.95 Å². The van der Waals surface area contributed by atoms with E-state index in [9.17, 15) is 9.59 Å². The highest BCUT2D eigenvalue weighted by atomic mass is 79.9. The predicted molar refractivity (Wildman–Crippen MR) is 122 cm³/mol. The first kappa shape index (κ1) is 22.7. The average molecular weight is 499 g/mol. The van der Waals surface area contributed by atoms with Gasteiger partial charge in [-0.15, -0.1) is 17.0 Å². The summed E-state index contributed by atoms with van der Waals surface area (Å²) in [5.74, 6) is -0.384. The van der Waals surface area contributed by atoms with Gasteiger partial charge in [0.15, 0.2) is 5.11 Å². The fourth-order valence-corrected chi connectivity index (χ4v) is 2.84. The van der Waals surface area contributed by atoms with E-state index < -0.39 is 5.63 Å². The Labute approximate surface area is 186 Å². The summed E-state index contributed by atoms with van der Waals surface area (Å²) in [4.78, 5) is 24.6. The third-order valence-electron chi connectivity index (χ3n) is 3.77. The van der Waals surface area contributed by atoms with E-state index in [-0.39, 0.29) is 51.0 Å². The first-order chi connectivity index (χ1) is 13.5. The van der Waals surface area contributed by atoms with Crippen molar-refractivity contribution in [1.82, 2.24) is 5.32 Å². The van der Waals surface area contributed by atoms with Crippen molar-refractivity contribution in [3.63, 3.8) is 0 Å². The summed E-state index contributed by atoms with van der Waals surface area (Å²) < 4.78 is 10.5. The summed E-state index contributed by atoms with van der Waals surface area (Å²) in [6, 6.07) is 13.5. The molecule has 0 bridgehead atoms. The summed E-state index contributed by atoms with van der Waals surface area (Å²) in [6.45, 7) is 0.481. The molecule has 29 heavy (non-hydrogen) atoms. The Kier molecular flexibility index (Phi) is 8.00. The second-order valence-electron chi connectivity index (χ2n) is 5.71. The molecule has 0 aliphatic carbocycles. The van der Waals surface area contributed by atoms with Gasteiger partial charge in [-0.2, -0.15) is 0 Å². The normalized spacial score (nSPS) is 10.1. The summed E-state index contributed by atoms with van der Waals surface area (Å²) in [7, 11) is 0. The molecular formula is C19H17BrClN3O4S. The quantitative estimate of drug-likeness (QED) is 0.353. The second kappa shape index (κ2) is 10.2. The van der Waals surface area contributed by atoms with E-state index in [1.54, 1.807) is 36.4 Å². The number of ether oxygens (including phenoxy) is 1. The molecule has 0 radical (unpaired) electrons. The number of hydrogen-bond acceptors (Lipinski definition) is 5. The lowest BCUT2D eigenvalue weighted by Gasteiger charge is -2.10. The molecule has 0 spiro atoms. The standard InChI is InChI=1S/C19H16ClN3O4S.BrH/c20-15-13-7-6-12(23-16(24)11-4-2-1-3-5-11)10-14(13)17(25)27-18(15)26-9-8-22-19(21)28;/h1-7,10H,8-9H2,(H,23,24)(H3,21,22,28);1H. The Morgan fingerprint density at radius 3 is 2.59 bits per heavy atom. The summed E-state index contributed by atoms with van der Waals surface area (Å²) in [6.07, 6.45) is 0. The SMILES string of the molecule is Br.NC(=S)NCCOc1oc(=O)c2cc(NC(=O)c3ccccc3)ccc2c1Cl. The third kappa shape index (κ3) is 5.69. The Morgan fingerprint density at radius 2 is 1.90 bits per heavy atom. The highest BCUT2D eigenvalue weighted by Crippen LogP contribution is 2.31.